The molecule has 2 aromatic rings. The second-order valence-electron chi connectivity index (χ2n) is 4.44. The number of amides is 2. The van der Waals surface area contributed by atoms with Gasteiger partial charge in [0, 0.05) is 26.1 Å². The van der Waals surface area contributed by atoms with Crippen LogP contribution in [0.4, 0.5) is 5.69 Å². The fraction of sp³-hybridized carbons (Fsp3) is 0.176. The molecule has 0 aromatic heterocycles. The van der Waals surface area contributed by atoms with Crippen LogP contribution < -0.4 is 10.6 Å². The van der Waals surface area contributed by atoms with E-state index in [1.54, 1.807) is 0 Å². The van der Waals surface area contributed by atoms with E-state index in [9.17, 15) is 9.59 Å². The molecule has 2 amide bonds. The summed E-state index contributed by atoms with van der Waals surface area (Å²) in [4.78, 5) is 21.0. The van der Waals surface area contributed by atoms with E-state index in [0.717, 1.165) is 11.3 Å². The predicted octanol–water partition coefficient (Wildman–Crippen LogP) is 2.97. The average molecular weight is 284 g/mol. The highest BCUT2D eigenvalue weighted by molar-refractivity contribution is 5.88. The molecule has 0 saturated carbocycles. The number of rotatable bonds is 3. The summed E-state index contributed by atoms with van der Waals surface area (Å²) in [6.07, 6.45) is 0. The van der Waals surface area contributed by atoms with Crippen molar-refractivity contribution in [3.8, 4) is 0 Å². The van der Waals surface area contributed by atoms with Crippen LogP contribution in [-0.4, -0.2) is 11.8 Å². The van der Waals surface area contributed by atoms with E-state index in [1.807, 2.05) is 60.7 Å². The topological polar surface area (TPSA) is 58.2 Å². The van der Waals surface area contributed by atoms with E-state index in [4.69, 9.17) is 0 Å². The van der Waals surface area contributed by atoms with Crippen molar-refractivity contribution < 1.29 is 9.59 Å². The molecule has 0 atom stereocenters. The standard InChI is InChI=1S/C9H11NO.C8H9NO/c1-8(11)10-7-9-5-3-2-4-6-9;1-7(10)9-8-5-3-2-4-6-8/h2-6H,7H2,1H3,(H,10,11);2-6H,1H3,(H,9,10). The second-order valence-corrected chi connectivity index (χ2v) is 4.44. The highest BCUT2D eigenvalue weighted by atomic mass is 16.2. The van der Waals surface area contributed by atoms with E-state index in [0.29, 0.717) is 6.54 Å². The van der Waals surface area contributed by atoms with Crippen LogP contribution in [0.1, 0.15) is 19.4 Å². The van der Waals surface area contributed by atoms with Crippen molar-refractivity contribution in [2.45, 2.75) is 20.4 Å². The molecule has 0 aliphatic heterocycles. The first-order valence-corrected chi connectivity index (χ1v) is 6.69. The summed E-state index contributed by atoms with van der Waals surface area (Å²) in [6, 6.07) is 19.2. The second kappa shape index (κ2) is 9.31. The van der Waals surface area contributed by atoms with Gasteiger partial charge in [-0.2, -0.15) is 0 Å². The molecule has 2 N–H and O–H groups in total. The summed E-state index contributed by atoms with van der Waals surface area (Å²) in [5.74, 6) is -0.0277. The Labute approximate surface area is 125 Å². The zero-order valence-electron chi connectivity index (χ0n) is 12.3. The normalized spacial score (nSPS) is 9.05. The minimum absolute atomic E-state index is 0.00820. The zero-order chi connectivity index (χ0) is 15.5. The quantitative estimate of drug-likeness (QED) is 0.910. The van der Waals surface area contributed by atoms with Gasteiger partial charge in [-0.25, -0.2) is 0 Å². The fourth-order valence-corrected chi connectivity index (χ4v) is 1.55. The molecule has 0 heterocycles. The molecule has 0 aliphatic carbocycles. The Morgan fingerprint density at radius 3 is 1.81 bits per heavy atom. The molecule has 21 heavy (non-hydrogen) atoms. The Bertz CT molecular complexity index is 554. The molecular formula is C17H20N2O2. The lowest BCUT2D eigenvalue weighted by Gasteiger charge is -2.00. The number of carbonyl (C=O) groups excluding carboxylic acids is 2. The maximum Gasteiger partial charge on any atom is 0.221 e. The molecule has 0 aliphatic rings. The van der Waals surface area contributed by atoms with Gasteiger partial charge < -0.3 is 10.6 Å². The molecule has 110 valence electrons. The van der Waals surface area contributed by atoms with Crippen molar-refractivity contribution in [1.29, 1.82) is 0 Å². The third-order valence-electron chi connectivity index (χ3n) is 2.48. The SMILES string of the molecule is CC(=O)NCc1ccccc1.CC(=O)Nc1ccccc1. The highest BCUT2D eigenvalue weighted by Gasteiger charge is 1.91. The lowest BCUT2D eigenvalue weighted by Crippen LogP contribution is -2.18. The number of nitrogens with one attached hydrogen (secondary N) is 2. The first-order chi connectivity index (χ1) is 10.1. The van der Waals surface area contributed by atoms with Crippen LogP contribution in [0.5, 0.6) is 0 Å². The molecule has 0 bridgehead atoms. The number of carbonyl (C=O) groups is 2. The molecule has 2 rings (SSSR count). The van der Waals surface area contributed by atoms with E-state index in [2.05, 4.69) is 10.6 Å². The van der Waals surface area contributed by atoms with Crippen molar-refractivity contribution in [1.82, 2.24) is 5.32 Å². The molecule has 0 radical (unpaired) electrons. The van der Waals surface area contributed by atoms with E-state index in [-0.39, 0.29) is 11.8 Å². The van der Waals surface area contributed by atoms with Crippen LogP contribution in [-0.2, 0) is 16.1 Å². The van der Waals surface area contributed by atoms with Gasteiger partial charge in [0.15, 0.2) is 0 Å². The van der Waals surface area contributed by atoms with Crippen LogP contribution in [0.25, 0.3) is 0 Å². The van der Waals surface area contributed by atoms with E-state index < -0.39 is 0 Å². The van der Waals surface area contributed by atoms with Crippen LogP contribution in [0.3, 0.4) is 0 Å². The lowest BCUT2D eigenvalue weighted by molar-refractivity contribution is -0.119. The highest BCUT2D eigenvalue weighted by Crippen LogP contribution is 2.03. The van der Waals surface area contributed by atoms with Crippen molar-refractivity contribution in [2.75, 3.05) is 5.32 Å². The third kappa shape index (κ3) is 8.21. The van der Waals surface area contributed by atoms with Crippen molar-refractivity contribution in [3.05, 3.63) is 66.2 Å². The van der Waals surface area contributed by atoms with Gasteiger partial charge >= 0.3 is 0 Å². The van der Waals surface area contributed by atoms with Gasteiger partial charge in [0.1, 0.15) is 0 Å². The van der Waals surface area contributed by atoms with Crippen LogP contribution >= 0.6 is 0 Å². The summed E-state index contributed by atoms with van der Waals surface area (Å²) in [7, 11) is 0. The Morgan fingerprint density at radius 2 is 1.33 bits per heavy atom. The summed E-state index contributed by atoms with van der Waals surface area (Å²) in [6.45, 7) is 3.63. The van der Waals surface area contributed by atoms with E-state index in [1.165, 1.54) is 13.8 Å². The largest absolute Gasteiger partial charge is 0.352 e. The van der Waals surface area contributed by atoms with Crippen molar-refractivity contribution >= 4 is 17.5 Å². The third-order valence-corrected chi connectivity index (χ3v) is 2.48. The smallest absolute Gasteiger partial charge is 0.221 e. The molecule has 0 fully saturated rings. The van der Waals surface area contributed by atoms with Gasteiger partial charge in [-0.3, -0.25) is 9.59 Å². The zero-order valence-corrected chi connectivity index (χ0v) is 12.3. The van der Waals surface area contributed by atoms with Crippen LogP contribution in [0.15, 0.2) is 60.7 Å². The molecule has 0 unspecified atom stereocenters. The Morgan fingerprint density at radius 1 is 0.810 bits per heavy atom. The summed E-state index contributed by atoms with van der Waals surface area (Å²) in [5.41, 5.74) is 1.97. The number of para-hydroxylation sites is 1. The fourth-order valence-electron chi connectivity index (χ4n) is 1.55. The molecule has 4 heteroatoms. The molecular weight excluding hydrogens is 264 g/mol. The summed E-state index contributed by atoms with van der Waals surface area (Å²) < 4.78 is 0. The number of hydrogen-bond acceptors (Lipinski definition) is 2. The molecule has 4 nitrogen and oxygen atoms in total. The van der Waals surface area contributed by atoms with Gasteiger partial charge in [-0.1, -0.05) is 48.5 Å². The molecule has 0 saturated heterocycles. The van der Waals surface area contributed by atoms with Crippen molar-refractivity contribution in [2.24, 2.45) is 0 Å². The van der Waals surface area contributed by atoms with Gasteiger partial charge in [-0.15, -0.1) is 0 Å². The summed E-state index contributed by atoms with van der Waals surface area (Å²) in [5, 5.41) is 5.39. The molecule has 2 aromatic carbocycles. The Balaban J connectivity index is 0.000000211. The molecule has 0 spiro atoms. The van der Waals surface area contributed by atoms with Gasteiger partial charge in [0.05, 0.1) is 0 Å². The van der Waals surface area contributed by atoms with E-state index >= 15 is 0 Å². The number of anilines is 1. The predicted molar refractivity (Wildman–Crippen MR) is 84.7 cm³/mol. The maximum atomic E-state index is 10.5. The van der Waals surface area contributed by atoms with Crippen LogP contribution in [0.2, 0.25) is 0 Å². The first-order valence-electron chi connectivity index (χ1n) is 6.69. The average Bonchev–Trinajstić information content (AvgIpc) is 2.47. The Hall–Kier alpha value is -2.62. The minimum atomic E-state index is -0.0359. The lowest BCUT2D eigenvalue weighted by atomic mass is 10.2. The van der Waals surface area contributed by atoms with Crippen LogP contribution in [0, 0.1) is 0 Å². The first kappa shape index (κ1) is 16.4. The van der Waals surface area contributed by atoms with Crippen molar-refractivity contribution in [3.63, 3.8) is 0 Å². The number of hydrogen-bond donors (Lipinski definition) is 2. The van der Waals surface area contributed by atoms with Gasteiger partial charge in [0.2, 0.25) is 11.8 Å². The number of benzene rings is 2. The summed E-state index contributed by atoms with van der Waals surface area (Å²) >= 11 is 0. The monoisotopic (exact) mass is 284 g/mol. The van der Waals surface area contributed by atoms with Gasteiger partial charge in [-0.05, 0) is 17.7 Å². The van der Waals surface area contributed by atoms with Gasteiger partial charge in [0.25, 0.3) is 0 Å². The Kier molecular flexibility index (Phi) is 7.29. The maximum absolute atomic E-state index is 10.5. The minimum Gasteiger partial charge on any atom is -0.352 e.